The van der Waals surface area contributed by atoms with E-state index in [-0.39, 0.29) is 0 Å². The molecule has 0 saturated carbocycles. The Labute approximate surface area is 160 Å². The smallest absolute Gasteiger partial charge is 0.161 e. The SMILES string of the molecule is COc1ccc(CNCc2ccc3ccccc3c2)cc1OCCCC#N. The Kier molecular flexibility index (Phi) is 6.67. The van der Waals surface area contributed by atoms with Crippen molar-refractivity contribution < 1.29 is 9.47 Å². The van der Waals surface area contributed by atoms with Crippen molar-refractivity contribution >= 4 is 10.8 Å². The van der Waals surface area contributed by atoms with Crippen molar-refractivity contribution in [1.29, 1.82) is 5.26 Å². The number of unbranched alkanes of at least 4 members (excludes halogenated alkanes) is 1. The van der Waals surface area contributed by atoms with Gasteiger partial charge in [0.15, 0.2) is 11.5 Å². The van der Waals surface area contributed by atoms with Gasteiger partial charge in [-0.05, 0) is 46.5 Å². The van der Waals surface area contributed by atoms with Crippen LogP contribution in [0.4, 0.5) is 0 Å². The molecule has 1 N–H and O–H groups in total. The number of hydrogen-bond donors (Lipinski definition) is 1. The standard InChI is InChI=1S/C23H24N2O2/c1-26-22-11-9-19(15-23(22)27-13-5-4-12-24)17-25-16-18-8-10-20-6-2-3-7-21(20)14-18/h2-3,6-11,14-15,25H,4-5,13,16-17H2,1H3. The average Bonchev–Trinajstić information content (AvgIpc) is 2.71. The number of nitrogens with one attached hydrogen (secondary N) is 1. The van der Waals surface area contributed by atoms with Gasteiger partial charge in [0, 0.05) is 19.5 Å². The number of nitrogens with zero attached hydrogens (tertiary/aromatic N) is 1. The lowest BCUT2D eigenvalue weighted by atomic mass is 10.1. The van der Waals surface area contributed by atoms with Crippen LogP contribution in [0.25, 0.3) is 10.8 Å². The molecule has 0 saturated heterocycles. The van der Waals surface area contributed by atoms with Gasteiger partial charge in [-0.1, -0.05) is 42.5 Å². The molecule has 0 aliphatic carbocycles. The monoisotopic (exact) mass is 360 g/mol. The van der Waals surface area contributed by atoms with Crippen molar-refractivity contribution in [1.82, 2.24) is 5.32 Å². The van der Waals surface area contributed by atoms with Crippen molar-refractivity contribution in [2.45, 2.75) is 25.9 Å². The molecule has 138 valence electrons. The van der Waals surface area contributed by atoms with Gasteiger partial charge in [0.1, 0.15) is 0 Å². The zero-order valence-electron chi connectivity index (χ0n) is 15.6. The van der Waals surface area contributed by atoms with E-state index in [4.69, 9.17) is 14.7 Å². The molecule has 0 aromatic heterocycles. The lowest BCUT2D eigenvalue weighted by Gasteiger charge is -2.12. The summed E-state index contributed by atoms with van der Waals surface area (Å²) in [6.45, 7) is 2.05. The summed E-state index contributed by atoms with van der Waals surface area (Å²) in [5.41, 5.74) is 2.39. The van der Waals surface area contributed by atoms with Crippen molar-refractivity contribution in [3.8, 4) is 17.6 Å². The number of hydrogen-bond acceptors (Lipinski definition) is 4. The minimum atomic E-state index is 0.495. The zero-order valence-corrected chi connectivity index (χ0v) is 15.6. The molecule has 0 aliphatic rings. The van der Waals surface area contributed by atoms with Crippen LogP contribution in [-0.2, 0) is 13.1 Å². The molecule has 3 aromatic carbocycles. The van der Waals surface area contributed by atoms with Crippen molar-refractivity contribution in [2.24, 2.45) is 0 Å². The molecule has 0 spiro atoms. The molecule has 3 rings (SSSR count). The second-order valence-corrected chi connectivity index (χ2v) is 6.38. The molecule has 4 nitrogen and oxygen atoms in total. The number of nitriles is 1. The highest BCUT2D eigenvalue weighted by molar-refractivity contribution is 5.82. The summed E-state index contributed by atoms with van der Waals surface area (Å²) in [5.74, 6) is 1.44. The van der Waals surface area contributed by atoms with Gasteiger partial charge >= 0.3 is 0 Å². The highest BCUT2D eigenvalue weighted by Gasteiger charge is 2.06. The summed E-state index contributed by atoms with van der Waals surface area (Å²) < 4.78 is 11.1. The first-order valence-corrected chi connectivity index (χ1v) is 9.15. The van der Waals surface area contributed by atoms with Crippen LogP contribution in [0.1, 0.15) is 24.0 Å². The molecule has 0 unspecified atom stereocenters. The maximum absolute atomic E-state index is 8.62. The van der Waals surface area contributed by atoms with Crippen LogP contribution < -0.4 is 14.8 Å². The Morgan fingerprint density at radius 1 is 0.889 bits per heavy atom. The number of fused-ring (bicyclic) bond motifs is 1. The molecule has 0 amide bonds. The van der Waals surface area contributed by atoms with E-state index in [1.54, 1.807) is 7.11 Å². The highest BCUT2D eigenvalue weighted by atomic mass is 16.5. The van der Waals surface area contributed by atoms with Crippen LogP contribution in [0.2, 0.25) is 0 Å². The largest absolute Gasteiger partial charge is 0.493 e. The Hall–Kier alpha value is -3.03. The van der Waals surface area contributed by atoms with E-state index in [2.05, 4.69) is 53.9 Å². The third-order valence-electron chi connectivity index (χ3n) is 4.39. The predicted molar refractivity (Wildman–Crippen MR) is 108 cm³/mol. The van der Waals surface area contributed by atoms with Crippen molar-refractivity contribution in [3.63, 3.8) is 0 Å². The number of ether oxygens (including phenoxy) is 2. The van der Waals surface area contributed by atoms with Gasteiger partial charge < -0.3 is 14.8 Å². The average molecular weight is 360 g/mol. The van der Waals surface area contributed by atoms with Crippen LogP contribution in [0.15, 0.2) is 60.7 Å². The molecule has 0 bridgehead atoms. The topological polar surface area (TPSA) is 54.3 Å². The van der Waals surface area contributed by atoms with E-state index in [0.29, 0.717) is 25.2 Å². The van der Waals surface area contributed by atoms with Crippen LogP contribution in [0.3, 0.4) is 0 Å². The van der Waals surface area contributed by atoms with E-state index in [0.717, 1.165) is 24.4 Å². The molecule has 3 aromatic rings. The fourth-order valence-corrected chi connectivity index (χ4v) is 2.98. The van der Waals surface area contributed by atoms with E-state index in [9.17, 15) is 0 Å². The normalized spacial score (nSPS) is 10.5. The van der Waals surface area contributed by atoms with Crippen LogP contribution in [0.5, 0.6) is 11.5 Å². The number of methoxy groups -OCH3 is 1. The van der Waals surface area contributed by atoms with Crippen molar-refractivity contribution in [3.05, 3.63) is 71.8 Å². The van der Waals surface area contributed by atoms with Gasteiger partial charge in [-0.15, -0.1) is 0 Å². The van der Waals surface area contributed by atoms with E-state index in [1.165, 1.54) is 16.3 Å². The van der Waals surface area contributed by atoms with Crippen LogP contribution >= 0.6 is 0 Å². The second-order valence-electron chi connectivity index (χ2n) is 6.38. The summed E-state index contributed by atoms with van der Waals surface area (Å²) in [6, 6.07) is 23.0. The minimum absolute atomic E-state index is 0.495. The Morgan fingerprint density at radius 3 is 2.41 bits per heavy atom. The Bertz CT molecular complexity index is 931. The van der Waals surface area contributed by atoms with E-state index < -0.39 is 0 Å². The quantitative estimate of drug-likeness (QED) is 0.556. The van der Waals surface area contributed by atoms with E-state index in [1.807, 2.05) is 18.2 Å². The second kappa shape index (κ2) is 9.61. The lowest BCUT2D eigenvalue weighted by molar-refractivity contribution is 0.290. The summed E-state index contributed by atoms with van der Waals surface area (Å²) in [5, 5.41) is 14.6. The van der Waals surface area contributed by atoms with Crippen molar-refractivity contribution in [2.75, 3.05) is 13.7 Å². The predicted octanol–water partition coefficient (Wildman–Crippen LogP) is 4.82. The van der Waals surface area contributed by atoms with Gasteiger partial charge in [0.05, 0.1) is 19.8 Å². The first kappa shape index (κ1) is 18.8. The van der Waals surface area contributed by atoms with E-state index >= 15 is 0 Å². The highest BCUT2D eigenvalue weighted by Crippen LogP contribution is 2.28. The fraction of sp³-hybridized carbons (Fsp3) is 0.261. The molecule has 27 heavy (non-hydrogen) atoms. The van der Waals surface area contributed by atoms with Gasteiger partial charge in [-0.3, -0.25) is 0 Å². The first-order valence-electron chi connectivity index (χ1n) is 9.15. The Morgan fingerprint density at radius 2 is 1.63 bits per heavy atom. The molecule has 0 radical (unpaired) electrons. The van der Waals surface area contributed by atoms with Crippen LogP contribution in [0, 0.1) is 11.3 Å². The lowest BCUT2D eigenvalue weighted by Crippen LogP contribution is -2.13. The minimum Gasteiger partial charge on any atom is -0.493 e. The molecular weight excluding hydrogens is 336 g/mol. The third kappa shape index (κ3) is 5.22. The summed E-state index contributed by atoms with van der Waals surface area (Å²) >= 11 is 0. The Balaban J connectivity index is 1.58. The van der Waals surface area contributed by atoms with Gasteiger partial charge in [0.2, 0.25) is 0 Å². The van der Waals surface area contributed by atoms with Crippen LogP contribution in [-0.4, -0.2) is 13.7 Å². The molecule has 0 atom stereocenters. The molecule has 0 fully saturated rings. The maximum atomic E-state index is 8.62. The zero-order chi connectivity index (χ0) is 18.9. The summed E-state index contributed by atoms with van der Waals surface area (Å²) in [6.07, 6.45) is 1.21. The molecule has 4 heteroatoms. The van der Waals surface area contributed by atoms with Gasteiger partial charge in [0.25, 0.3) is 0 Å². The maximum Gasteiger partial charge on any atom is 0.161 e. The van der Waals surface area contributed by atoms with Gasteiger partial charge in [-0.25, -0.2) is 0 Å². The molecular formula is C23H24N2O2. The third-order valence-corrected chi connectivity index (χ3v) is 4.39. The molecule has 0 heterocycles. The number of benzene rings is 3. The van der Waals surface area contributed by atoms with Gasteiger partial charge in [-0.2, -0.15) is 5.26 Å². The first-order chi connectivity index (χ1) is 13.3. The fourth-order valence-electron chi connectivity index (χ4n) is 2.98. The molecule has 0 aliphatic heterocycles. The summed E-state index contributed by atoms with van der Waals surface area (Å²) in [7, 11) is 1.63. The number of rotatable bonds is 9. The summed E-state index contributed by atoms with van der Waals surface area (Å²) in [4.78, 5) is 0.